The smallest absolute Gasteiger partial charge is 0.0145 e. The molecule has 0 saturated heterocycles. The number of hydrogen-bond donors (Lipinski definition) is 0. The number of aryl methyl sites for hydroxylation is 1. The van der Waals surface area contributed by atoms with Gasteiger partial charge in [-0.2, -0.15) is 0 Å². The van der Waals surface area contributed by atoms with Crippen LogP contribution in [-0.2, 0) is 12.8 Å². The van der Waals surface area contributed by atoms with Gasteiger partial charge in [0.15, 0.2) is 0 Å². The Morgan fingerprint density at radius 2 is 1.84 bits per heavy atom. The van der Waals surface area contributed by atoms with E-state index in [1.54, 1.807) is 11.1 Å². The van der Waals surface area contributed by atoms with Crippen LogP contribution in [0.2, 0.25) is 0 Å². The van der Waals surface area contributed by atoms with Crippen molar-refractivity contribution in [1.29, 1.82) is 0 Å². The molecule has 1 nitrogen and oxygen atoms in total. The second-order valence-electron chi connectivity index (χ2n) is 6.13. The third-order valence-electron chi connectivity index (χ3n) is 4.25. The normalized spacial score (nSPS) is 19.3. The van der Waals surface area contributed by atoms with Crippen LogP contribution in [-0.4, -0.2) is 29.3 Å². The fourth-order valence-corrected chi connectivity index (χ4v) is 4.30. The van der Waals surface area contributed by atoms with Crippen LogP contribution in [0.1, 0.15) is 45.2 Å². The summed E-state index contributed by atoms with van der Waals surface area (Å²) in [5, 5.41) is 0. The van der Waals surface area contributed by atoms with Crippen LogP contribution in [0.3, 0.4) is 0 Å². The van der Waals surface area contributed by atoms with Crippen molar-refractivity contribution in [3.63, 3.8) is 0 Å². The Hall–Kier alpha value is -0.470. The first-order valence-electron chi connectivity index (χ1n) is 7.46. The van der Waals surface area contributed by atoms with Gasteiger partial charge in [-0.3, -0.25) is 4.90 Å². The zero-order valence-corrected chi connectivity index (χ0v) is 13.8. The summed E-state index contributed by atoms with van der Waals surface area (Å²) in [4.78, 5) is 4.18. The van der Waals surface area contributed by atoms with Gasteiger partial charge >= 0.3 is 0 Å². The lowest BCUT2D eigenvalue weighted by Crippen LogP contribution is -2.47. The second-order valence-corrected chi connectivity index (χ2v) is 6.98. The van der Waals surface area contributed by atoms with Crippen molar-refractivity contribution in [3.8, 4) is 0 Å². The van der Waals surface area contributed by atoms with Gasteiger partial charge in [0.25, 0.3) is 0 Å². The summed E-state index contributed by atoms with van der Waals surface area (Å²) in [5.41, 5.74) is 3.19. The molecule has 0 N–H and O–H groups in total. The number of thioether (sulfide) groups is 1. The van der Waals surface area contributed by atoms with E-state index in [0.29, 0.717) is 18.1 Å². The standard InChI is InChI=1S/C17H27NS/c1-12(2)18(13(3)4)15-10-9-14-7-6-8-17(19-5)16(14)11-15/h6-8,12-13,15H,9-11H2,1-5H3/t15-/m0/s1. The summed E-state index contributed by atoms with van der Waals surface area (Å²) in [6.07, 6.45) is 5.97. The zero-order chi connectivity index (χ0) is 14.0. The highest BCUT2D eigenvalue weighted by Gasteiger charge is 2.28. The van der Waals surface area contributed by atoms with Crippen LogP contribution in [0.4, 0.5) is 0 Å². The molecule has 1 aliphatic rings. The second kappa shape index (κ2) is 6.32. The maximum absolute atomic E-state index is 2.69. The molecule has 0 heterocycles. The van der Waals surface area contributed by atoms with Crippen LogP contribution in [0.25, 0.3) is 0 Å². The zero-order valence-electron chi connectivity index (χ0n) is 12.9. The molecule has 0 amide bonds. The van der Waals surface area contributed by atoms with E-state index in [4.69, 9.17) is 0 Å². The molecule has 0 aromatic heterocycles. The van der Waals surface area contributed by atoms with Crippen molar-refractivity contribution in [3.05, 3.63) is 29.3 Å². The monoisotopic (exact) mass is 277 g/mol. The summed E-state index contributed by atoms with van der Waals surface area (Å²) >= 11 is 1.90. The number of hydrogen-bond acceptors (Lipinski definition) is 2. The van der Waals surface area contributed by atoms with Gasteiger partial charge in [0.1, 0.15) is 0 Å². The molecule has 1 aromatic rings. The molecular weight excluding hydrogens is 250 g/mol. The Labute approximate surface area is 122 Å². The average molecular weight is 277 g/mol. The van der Waals surface area contributed by atoms with E-state index >= 15 is 0 Å². The van der Waals surface area contributed by atoms with E-state index in [1.807, 2.05) is 11.8 Å². The lowest BCUT2D eigenvalue weighted by Gasteiger charge is -2.41. The predicted octanol–water partition coefficient (Wildman–Crippen LogP) is 4.38. The van der Waals surface area contributed by atoms with E-state index in [1.165, 1.54) is 24.2 Å². The maximum atomic E-state index is 2.69. The van der Waals surface area contributed by atoms with E-state index in [9.17, 15) is 0 Å². The van der Waals surface area contributed by atoms with E-state index in [0.717, 1.165) is 0 Å². The van der Waals surface area contributed by atoms with Gasteiger partial charge in [-0.1, -0.05) is 12.1 Å². The molecule has 0 radical (unpaired) electrons. The van der Waals surface area contributed by atoms with Crippen molar-refractivity contribution < 1.29 is 0 Å². The first kappa shape index (κ1) is 14.9. The van der Waals surface area contributed by atoms with Crippen molar-refractivity contribution >= 4 is 11.8 Å². The largest absolute Gasteiger partial charge is 0.295 e. The molecule has 0 aliphatic heterocycles. The quantitative estimate of drug-likeness (QED) is 0.751. The fourth-order valence-electron chi connectivity index (χ4n) is 3.62. The van der Waals surface area contributed by atoms with Gasteiger partial charge in [-0.05, 0) is 70.4 Å². The fraction of sp³-hybridized carbons (Fsp3) is 0.647. The highest BCUT2D eigenvalue weighted by molar-refractivity contribution is 7.98. The van der Waals surface area contributed by atoms with Gasteiger partial charge in [0.2, 0.25) is 0 Å². The molecule has 2 heteroatoms. The van der Waals surface area contributed by atoms with Crippen LogP contribution in [0.15, 0.2) is 23.1 Å². The molecule has 1 aromatic carbocycles. The third-order valence-corrected chi connectivity index (χ3v) is 5.07. The Kier molecular flexibility index (Phi) is 4.97. The minimum atomic E-state index is 0.632. The van der Waals surface area contributed by atoms with Gasteiger partial charge in [0, 0.05) is 23.0 Å². The Morgan fingerprint density at radius 1 is 1.16 bits per heavy atom. The molecule has 1 aliphatic carbocycles. The van der Waals surface area contributed by atoms with Crippen LogP contribution < -0.4 is 0 Å². The van der Waals surface area contributed by atoms with Crippen molar-refractivity contribution in [2.24, 2.45) is 0 Å². The summed E-state index contributed by atoms with van der Waals surface area (Å²) < 4.78 is 0. The first-order chi connectivity index (χ1) is 9.04. The Morgan fingerprint density at radius 3 is 2.42 bits per heavy atom. The highest BCUT2D eigenvalue weighted by Crippen LogP contribution is 2.32. The van der Waals surface area contributed by atoms with Crippen molar-refractivity contribution in [2.75, 3.05) is 6.26 Å². The van der Waals surface area contributed by atoms with Gasteiger partial charge in [0.05, 0.1) is 0 Å². The van der Waals surface area contributed by atoms with Gasteiger partial charge in [-0.15, -0.1) is 11.8 Å². The topological polar surface area (TPSA) is 3.24 Å². The molecule has 106 valence electrons. The summed E-state index contributed by atoms with van der Waals surface area (Å²) in [7, 11) is 0. The third kappa shape index (κ3) is 3.17. The predicted molar refractivity (Wildman–Crippen MR) is 86.1 cm³/mol. The highest BCUT2D eigenvalue weighted by atomic mass is 32.2. The SMILES string of the molecule is CSc1cccc2c1C[C@@H](N(C(C)C)C(C)C)CC2. The molecular formula is C17H27NS. The minimum Gasteiger partial charge on any atom is -0.295 e. The number of rotatable bonds is 4. The molecule has 2 rings (SSSR count). The molecule has 0 fully saturated rings. The van der Waals surface area contributed by atoms with Crippen molar-refractivity contribution in [2.45, 2.75) is 70.0 Å². The molecule has 1 atom stereocenters. The van der Waals surface area contributed by atoms with E-state index < -0.39 is 0 Å². The van der Waals surface area contributed by atoms with Crippen LogP contribution in [0.5, 0.6) is 0 Å². The summed E-state index contributed by atoms with van der Waals surface area (Å²) in [6, 6.07) is 8.79. The lowest BCUT2D eigenvalue weighted by atomic mass is 9.86. The molecule has 0 saturated carbocycles. The molecule has 0 unspecified atom stereocenters. The Balaban J connectivity index is 2.25. The number of nitrogens with zero attached hydrogens (tertiary/aromatic N) is 1. The maximum Gasteiger partial charge on any atom is 0.0145 e. The van der Waals surface area contributed by atoms with Crippen LogP contribution in [0, 0.1) is 0 Å². The summed E-state index contributed by atoms with van der Waals surface area (Å²) in [6.45, 7) is 9.32. The average Bonchev–Trinajstić information content (AvgIpc) is 2.37. The van der Waals surface area contributed by atoms with Crippen LogP contribution >= 0.6 is 11.8 Å². The van der Waals surface area contributed by atoms with E-state index in [2.05, 4.69) is 57.0 Å². The van der Waals surface area contributed by atoms with Crippen molar-refractivity contribution in [1.82, 2.24) is 4.90 Å². The van der Waals surface area contributed by atoms with Gasteiger partial charge in [-0.25, -0.2) is 0 Å². The number of benzene rings is 1. The van der Waals surface area contributed by atoms with Gasteiger partial charge < -0.3 is 0 Å². The Bertz CT molecular complexity index is 403. The molecule has 0 spiro atoms. The summed E-state index contributed by atoms with van der Waals surface area (Å²) in [5.74, 6) is 0. The first-order valence-corrected chi connectivity index (χ1v) is 8.69. The van der Waals surface area contributed by atoms with E-state index in [-0.39, 0.29) is 0 Å². The minimum absolute atomic E-state index is 0.632. The lowest BCUT2D eigenvalue weighted by molar-refractivity contribution is 0.102. The molecule has 0 bridgehead atoms. The number of fused-ring (bicyclic) bond motifs is 1. The molecule has 19 heavy (non-hydrogen) atoms.